The summed E-state index contributed by atoms with van der Waals surface area (Å²) in [6.45, 7) is 6.42. The number of benzene rings is 1. The molecule has 1 amide bonds. The van der Waals surface area contributed by atoms with Gasteiger partial charge in [0, 0.05) is 13.0 Å². The van der Waals surface area contributed by atoms with Crippen molar-refractivity contribution in [2.24, 2.45) is 0 Å². The average Bonchev–Trinajstić information content (AvgIpc) is 2.80. The highest BCUT2D eigenvalue weighted by atomic mass is 79.9. The quantitative estimate of drug-likeness (QED) is 0.801. The molecule has 1 atom stereocenters. The van der Waals surface area contributed by atoms with Crippen LogP contribution < -0.4 is 4.74 Å². The van der Waals surface area contributed by atoms with E-state index in [1.165, 1.54) is 6.07 Å². The summed E-state index contributed by atoms with van der Waals surface area (Å²) in [4.78, 5) is 13.5. The zero-order chi connectivity index (χ0) is 15.6. The topological polar surface area (TPSA) is 38.8 Å². The van der Waals surface area contributed by atoms with Gasteiger partial charge in [0.25, 0.3) is 0 Å². The van der Waals surface area contributed by atoms with E-state index in [2.05, 4.69) is 15.9 Å². The summed E-state index contributed by atoms with van der Waals surface area (Å²) in [5.41, 5.74) is -0.523. The SMILES string of the molecule is CC(C)(C)OC(=O)N1CCC(Oc2c(F)cccc2Br)C1. The number of carbonyl (C=O) groups excluding carboxylic acids is 1. The second-order valence-electron chi connectivity index (χ2n) is 6.01. The van der Waals surface area contributed by atoms with Gasteiger partial charge in [0.2, 0.25) is 0 Å². The van der Waals surface area contributed by atoms with Gasteiger partial charge in [-0.25, -0.2) is 9.18 Å². The Hall–Kier alpha value is -1.30. The van der Waals surface area contributed by atoms with Crippen LogP contribution in [0.15, 0.2) is 22.7 Å². The highest BCUT2D eigenvalue weighted by Gasteiger charge is 2.31. The first-order chi connectivity index (χ1) is 9.76. The standard InChI is InChI=1S/C15H19BrFNO3/c1-15(2,3)21-14(19)18-8-7-10(9-18)20-13-11(16)5-4-6-12(13)17/h4-6,10H,7-9H2,1-3H3. The van der Waals surface area contributed by atoms with Crippen LogP contribution in [0.4, 0.5) is 9.18 Å². The monoisotopic (exact) mass is 359 g/mol. The van der Waals surface area contributed by atoms with Crippen molar-refractivity contribution < 1.29 is 18.7 Å². The Morgan fingerprint density at radius 1 is 1.43 bits per heavy atom. The van der Waals surface area contributed by atoms with E-state index in [-0.39, 0.29) is 17.9 Å². The van der Waals surface area contributed by atoms with E-state index in [9.17, 15) is 9.18 Å². The van der Waals surface area contributed by atoms with Gasteiger partial charge >= 0.3 is 6.09 Å². The Labute approximate surface area is 132 Å². The van der Waals surface area contributed by atoms with Crippen LogP contribution in [0.2, 0.25) is 0 Å². The van der Waals surface area contributed by atoms with Crippen LogP contribution in [0.5, 0.6) is 5.75 Å². The molecule has 1 aliphatic heterocycles. The molecule has 1 aliphatic rings. The largest absolute Gasteiger partial charge is 0.484 e. The molecule has 2 rings (SSSR count). The third-order valence-electron chi connectivity index (χ3n) is 3.00. The summed E-state index contributed by atoms with van der Waals surface area (Å²) in [7, 11) is 0. The maximum absolute atomic E-state index is 13.7. The third kappa shape index (κ3) is 4.33. The van der Waals surface area contributed by atoms with Crippen molar-refractivity contribution in [1.82, 2.24) is 4.90 Å². The average molecular weight is 360 g/mol. The van der Waals surface area contributed by atoms with E-state index < -0.39 is 11.4 Å². The molecule has 4 nitrogen and oxygen atoms in total. The van der Waals surface area contributed by atoms with Gasteiger partial charge in [0.1, 0.15) is 11.7 Å². The van der Waals surface area contributed by atoms with Crippen LogP contribution in [-0.4, -0.2) is 35.8 Å². The molecule has 21 heavy (non-hydrogen) atoms. The Balaban J connectivity index is 1.95. The Bertz CT molecular complexity index is 510. The molecule has 0 spiro atoms. The molecule has 1 unspecified atom stereocenters. The summed E-state index contributed by atoms with van der Waals surface area (Å²) < 4.78 is 25.3. The fraction of sp³-hybridized carbons (Fsp3) is 0.533. The van der Waals surface area contributed by atoms with E-state index in [1.807, 2.05) is 20.8 Å². The number of hydrogen-bond acceptors (Lipinski definition) is 3. The highest BCUT2D eigenvalue weighted by molar-refractivity contribution is 9.10. The van der Waals surface area contributed by atoms with Crippen molar-refractivity contribution in [2.45, 2.75) is 38.9 Å². The zero-order valence-electron chi connectivity index (χ0n) is 12.4. The smallest absolute Gasteiger partial charge is 0.410 e. The van der Waals surface area contributed by atoms with Gasteiger partial charge in [-0.15, -0.1) is 0 Å². The molecule has 116 valence electrons. The summed E-state index contributed by atoms with van der Waals surface area (Å²) in [6, 6.07) is 4.67. The van der Waals surface area contributed by atoms with Crippen LogP contribution in [-0.2, 0) is 4.74 Å². The summed E-state index contributed by atoms with van der Waals surface area (Å²) >= 11 is 3.27. The maximum atomic E-state index is 13.7. The Morgan fingerprint density at radius 2 is 2.14 bits per heavy atom. The van der Waals surface area contributed by atoms with Crippen LogP contribution in [0.25, 0.3) is 0 Å². The minimum Gasteiger partial charge on any atom is -0.484 e. The second kappa shape index (κ2) is 6.22. The molecule has 1 saturated heterocycles. The molecule has 0 bridgehead atoms. The van der Waals surface area contributed by atoms with E-state index >= 15 is 0 Å². The van der Waals surface area contributed by atoms with Gasteiger partial charge in [-0.1, -0.05) is 6.07 Å². The second-order valence-corrected chi connectivity index (χ2v) is 6.86. The molecule has 0 N–H and O–H groups in total. The van der Waals surface area contributed by atoms with Gasteiger partial charge in [-0.05, 0) is 48.8 Å². The molecule has 0 aromatic heterocycles. The van der Waals surface area contributed by atoms with Crippen LogP contribution in [0, 0.1) is 5.82 Å². The lowest BCUT2D eigenvalue weighted by Gasteiger charge is -2.24. The fourth-order valence-electron chi connectivity index (χ4n) is 2.08. The molecule has 0 aliphatic carbocycles. The number of halogens is 2. The third-order valence-corrected chi connectivity index (χ3v) is 3.62. The number of para-hydroxylation sites is 1. The highest BCUT2D eigenvalue weighted by Crippen LogP contribution is 2.30. The fourth-order valence-corrected chi connectivity index (χ4v) is 2.51. The minimum atomic E-state index is -0.523. The lowest BCUT2D eigenvalue weighted by atomic mass is 10.2. The minimum absolute atomic E-state index is 0.188. The number of amides is 1. The molecule has 6 heteroatoms. The molecule has 0 radical (unpaired) electrons. The molecule has 1 heterocycles. The number of hydrogen-bond donors (Lipinski definition) is 0. The number of likely N-dealkylation sites (tertiary alicyclic amines) is 1. The lowest BCUT2D eigenvalue weighted by molar-refractivity contribution is 0.0275. The van der Waals surface area contributed by atoms with Crippen molar-refractivity contribution in [3.05, 3.63) is 28.5 Å². The van der Waals surface area contributed by atoms with Gasteiger partial charge in [-0.2, -0.15) is 0 Å². The molecule has 1 aromatic rings. The summed E-state index contributed by atoms with van der Waals surface area (Å²) in [5.74, 6) is -0.228. The summed E-state index contributed by atoms with van der Waals surface area (Å²) in [6.07, 6.45) is 0.0620. The molecular weight excluding hydrogens is 341 g/mol. The Kier molecular flexibility index (Phi) is 4.76. The van der Waals surface area contributed by atoms with Crippen molar-refractivity contribution >= 4 is 22.0 Å². The van der Waals surface area contributed by atoms with Crippen molar-refractivity contribution in [3.63, 3.8) is 0 Å². The molecule has 0 saturated carbocycles. The first-order valence-corrected chi connectivity index (χ1v) is 7.64. The molecular formula is C15H19BrFNO3. The summed E-state index contributed by atoms with van der Waals surface area (Å²) in [5, 5.41) is 0. The van der Waals surface area contributed by atoms with Gasteiger partial charge in [0.15, 0.2) is 11.6 Å². The lowest BCUT2D eigenvalue weighted by Crippen LogP contribution is -2.36. The van der Waals surface area contributed by atoms with Crippen LogP contribution in [0.1, 0.15) is 27.2 Å². The maximum Gasteiger partial charge on any atom is 0.410 e. The normalized spacial score (nSPS) is 18.7. The van der Waals surface area contributed by atoms with Crippen LogP contribution in [0.3, 0.4) is 0 Å². The van der Waals surface area contributed by atoms with Gasteiger partial charge in [0.05, 0.1) is 11.0 Å². The number of carbonyl (C=O) groups is 1. The van der Waals surface area contributed by atoms with Crippen LogP contribution >= 0.6 is 15.9 Å². The predicted molar refractivity (Wildman–Crippen MR) is 80.9 cm³/mol. The number of ether oxygens (including phenoxy) is 2. The van der Waals surface area contributed by atoms with Crippen molar-refractivity contribution in [3.8, 4) is 5.75 Å². The van der Waals surface area contributed by atoms with Gasteiger partial charge in [-0.3, -0.25) is 0 Å². The first-order valence-electron chi connectivity index (χ1n) is 6.85. The van der Waals surface area contributed by atoms with E-state index in [4.69, 9.17) is 9.47 Å². The van der Waals surface area contributed by atoms with Crippen molar-refractivity contribution in [1.29, 1.82) is 0 Å². The Morgan fingerprint density at radius 3 is 2.76 bits per heavy atom. The number of rotatable bonds is 2. The van der Waals surface area contributed by atoms with Gasteiger partial charge < -0.3 is 14.4 Å². The van der Waals surface area contributed by atoms with E-state index in [1.54, 1.807) is 17.0 Å². The molecule has 1 aromatic carbocycles. The number of nitrogens with zero attached hydrogens (tertiary/aromatic N) is 1. The predicted octanol–water partition coefficient (Wildman–Crippen LogP) is 3.98. The van der Waals surface area contributed by atoms with E-state index in [0.717, 1.165) is 0 Å². The zero-order valence-corrected chi connectivity index (χ0v) is 13.9. The first kappa shape index (κ1) is 16.1. The molecule has 1 fully saturated rings. The van der Waals surface area contributed by atoms with E-state index in [0.29, 0.717) is 24.0 Å². The van der Waals surface area contributed by atoms with Crippen molar-refractivity contribution in [2.75, 3.05) is 13.1 Å².